The quantitative estimate of drug-likeness (QED) is 0.731. The molecule has 0 amide bonds. The average Bonchev–Trinajstić information content (AvgIpc) is 2.81. The highest BCUT2D eigenvalue weighted by molar-refractivity contribution is 6.34. The Balaban J connectivity index is 2.21. The molecule has 0 saturated carbocycles. The maximum absolute atomic E-state index is 6.03. The molecule has 2 aromatic heterocycles. The van der Waals surface area contributed by atoms with Crippen LogP contribution in [0.25, 0.3) is 22.2 Å². The summed E-state index contributed by atoms with van der Waals surface area (Å²) in [5.41, 5.74) is 8.60. The van der Waals surface area contributed by atoms with Crippen LogP contribution < -0.4 is 5.73 Å². The van der Waals surface area contributed by atoms with Crippen LogP contribution in [0.4, 0.5) is 5.82 Å². The highest BCUT2D eigenvalue weighted by atomic mass is 35.5. The van der Waals surface area contributed by atoms with Crippen molar-refractivity contribution in [2.75, 3.05) is 5.73 Å². The number of aryl methyl sites for hydroxylation is 2. The second kappa shape index (κ2) is 3.74. The zero-order chi connectivity index (χ0) is 12.9. The molecule has 2 heterocycles. The lowest BCUT2D eigenvalue weighted by atomic mass is 10.1. The van der Waals surface area contributed by atoms with Crippen LogP contribution in [0.5, 0.6) is 0 Å². The maximum Gasteiger partial charge on any atom is 0.158 e. The number of benzene rings is 1. The average molecular weight is 262 g/mol. The lowest BCUT2D eigenvalue weighted by Gasteiger charge is -1.98. The van der Waals surface area contributed by atoms with Crippen molar-refractivity contribution in [3.63, 3.8) is 0 Å². The van der Waals surface area contributed by atoms with E-state index in [4.69, 9.17) is 17.3 Å². The van der Waals surface area contributed by atoms with Crippen LogP contribution in [0.15, 0.2) is 24.3 Å². The van der Waals surface area contributed by atoms with E-state index in [1.54, 1.807) is 9.36 Å². The fourth-order valence-corrected chi connectivity index (χ4v) is 2.27. The summed E-state index contributed by atoms with van der Waals surface area (Å²) in [4.78, 5) is 0. The van der Waals surface area contributed by atoms with Crippen molar-refractivity contribution in [2.24, 2.45) is 14.1 Å². The topological polar surface area (TPSA) is 61.7 Å². The molecule has 5 nitrogen and oxygen atoms in total. The predicted molar refractivity (Wildman–Crippen MR) is 72.3 cm³/mol. The number of hydrogen-bond donors (Lipinski definition) is 1. The minimum Gasteiger partial charge on any atom is -0.384 e. The van der Waals surface area contributed by atoms with Gasteiger partial charge in [-0.2, -0.15) is 10.2 Å². The second-order valence-corrected chi connectivity index (χ2v) is 4.58. The molecule has 0 saturated heterocycles. The Morgan fingerprint density at radius 1 is 1.11 bits per heavy atom. The van der Waals surface area contributed by atoms with Crippen LogP contribution in [0.2, 0.25) is 5.15 Å². The van der Waals surface area contributed by atoms with Crippen LogP contribution in [-0.4, -0.2) is 19.6 Å². The van der Waals surface area contributed by atoms with E-state index in [1.165, 1.54) is 0 Å². The van der Waals surface area contributed by atoms with Crippen LogP contribution in [0.3, 0.4) is 0 Å². The monoisotopic (exact) mass is 261 g/mol. The van der Waals surface area contributed by atoms with E-state index < -0.39 is 0 Å². The molecular formula is C12H12ClN5. The van der Waals surface area contributed by atoms with Crippen molar-refractivity contribution < 1.29 is 0 Å². The van der Waals surface area contributed by atoms with Gasteiger partial charge in [0.25, 0.3) is 0 Å². The Labute approximate surface area is 109 Å². The highest BCUT2D eigenvalue weighted by Gasteiger charge is 2.10. The van der Waals surface area contributed by atoms with Gasteiger partial charge in [-0.15, -0.1) is 0 Å². The minimum atomic E-state index is 0.514. The Bertz CT molecular complexity index is 721. The zero-order valence-corrected chi connectivity index (χ0v) is 10.8. The molecule has 6 heteroatoms. The molecule has 0 aliphatic rings. The first-order valence-electron chi connectivity index (χ1n) is 5.48. The SMILES string of the molecule is Cn1nc(-c2ccc3c(Cl)nn(C)c3c2)cc1N. The first-order valence-corrected chi connectivity index (χ1v) is 5.86. The molecule has 3 aromatic rings. The third-order valence-corrected chi connectivity index (χ3v) is 3.30. The molecule has 1 aromatic carbocycles. The van der Waals surface area contributed by atoms with Crippen molar-refractivity contribution in [2.45, 2.75) is 0 Å². The number of nitrogens with zero attached hydrogens (tertiary/aromatic N) is 4. The molecule has 0 atom stereocenters. The van der Waals surface area contributed by atoms with Gasteiger partial charge in [-0.25, -0.2) is 0 Å². The van der Waals surface area contributed by atoms with E-state index in [9.17, 15) is 0 Å². The molecule has 0 aliphatic heterocycles. The maximum atomic E-state index is 6.03. The molecule has 3 rings (SSSR count). The van der Waals surface area contributed by atoms with Gasteiger partial charge in [0.1, 0.15) is 5.82 Å². The normalized spacial score (nSPS) is 11.3. The van der Waals surface area contributed by atoms with Gasteiger partial charge in [0, 0.05) is 31.1 Å². The van der Waals surface area contributed by atoms with Crippen molar-refractivity contribution in [1.29, 1.82) is 0 Å². The van der Waals surface area contributed by atoms with Crippen molar-refractivity contribution in [3.05, 3.63) is 29.4 Å². The van der Waals surface area contributed by atoms with Crippen molar-refractivity contribution in [1.82, 2.24) is 19.6 Å². The van der Waals surface area contributed by atoms with Crippen LogP contribution in [0, 0.1) is 0 Å². The van der Waals surface area contributed by atoms with E-state index in [2.05, 4.69) is 10.2 Å². The van der Waals surface area contributed by atoms with Gasteiger partial charge < -0.3 is 5.73 Å². The molecule has 0 unspecified atom stereocenters. The number of nitrogens with two attached hydrogens (primary N) is 1. The minimum absolute atomic E-state index is 0.514. The summed E-state index contributed by atoms with van der Waals surface area (Å²) in [5.74, 6) is 0.633. The largest absolute Gasteiger partial charge is 0.384 e. The first kappa shape index (κ1) is 11.1. The first-order chi connectivity index (χ1) is 8.56. The van der Waals surface area contributed by atoms with E-state index in [1.807, 2.05) is 38.4 Å². The molecule has 0 fully saturated rings. The van der Waals surface area contributed by atoms with Crippen LogP contribution in [-0.2, 0) is 14.1 Å². The third kappa shape index (κ3) is 1.55. The molecule has 0 radical (unpaired) electrons. The standard InChI is InChI=1S/C12H12ClN5/c1-17-10-5-7(3-4-8(10)12(13)16-17)9-6-11(14)18(2)15-9/h3-6H,14H2,1-2H3. The summed E-state index contributed by atoms with van der Waals surface area (Å²) in [6.45, 7) is 0. The van der Waals surface area contributed by atoms with Crippen molar-refractivity contribution >= 4 is 28.3 Å². The van der Waals surface area contributed by atoms with E-state index in [0.717, 1.165) is 22.2 Å². The van der Waals surface area contributed by atoms with E-state index in [-0.39, 0.29) is 0 Å². The summed E-state index contributed by atoms with van der Waals surface area (Å²) < 4.78 is 3.41. The van der Waals surface area contributed by atoms with Crippen LogP contribution in [0.1, 0.15) is 0 Å². The number of rotatable bonds is 1. The number of hydrogen-bond acceptors (Lipinski definition) is 3. The van der Waals surface area contributed by atoms with E-state index >= 15 is 0 Å². The Hall–Kier alpha value is -2.01. The fraction of sp³-hybridized carbons (Fsp3) is 0.167. The predicted octanol–water partition coefficient (Wildman–Crippen LogP) is 2.21. The summed E-state index contributed by atoms with van der Waals surface area (Å²) >= 11 is 6.03. The third-order valence-electron chi connectivity index (χ3n) is 3.02. The number of anilines is 1. The number of nitrogen functional groups attached to an aromatic ring is 1. The fourth-order valence-electron chi connectivity index (χ4n) is 2.00. The van der Waals surface area contributed by atoms with Gasteiger partial charge in [-0.3, -0.25) is 9.36 Å². The van der Waals surface area contributed by atoms with Gasteiger partial charge >= 0.3 is 0 Å². The summed E-state index contributed by atoms with van der Waals surface area (Å²) in [6, 6.07) is 7.78. The van der Waals surface area contributed by atoms with Gasteiger partial charge in [-0.05, 0) is 12.1 Å². The molecule has 92 valence electrons. The number of halogens is 1. The van der Waals surface area contributed by atoms with Crippen molar-refractivity contribution in [3.8, 4) is 11.3 Å². The molecule has 0 spiro atoms. The number of aromatic nitrogens is 4. The lowest BCUT2D eigenvalue weighted by Crippen LogP contribution is -1.96. The summed E-state index contributed by atoms with van der Waals surface area (Å²) in [7, 11) is 3.68. The van der Waals surface area contributed by atoms with Crippen LogP contribution >= 0.6 is 11.6 Å². The zero-order valence-electron chi connectivity index (χ0n) is 10.1. The second-order valence-electron chi connectivity index (χ2n) is 4.22. The van der Waals surface area contributed by atoms with Gasteiger partial charge in [0.15, 0.2) is 5.15 Å². The highest BCUT2D eigenvalue weighted by Crippen LogP contribution is 2.28. The molecule has 0 bridgehead atoms. The molecular weight excluding hydrogens is 250 g/mol. The lowest BCUT2D eigenvalue weighted by molar-refractivity contribution is 0.782. The Morgan fingerprint density at radius 2 is 1.89 bits per heavy atom. The molecule has 18 heavy (non-hydrogen) atoms. The van der Waals surface area contributed by atoms with Gasteiger partial charge in [0.2, 0.25) is 0 Å². The number of fused-ring (bicyclic) bond motifs is 1. The van der Waals surface area contributed by atoms with Gasteiger partial charge in [0.05, 0.1) is 11.2 Å². The summed E-state index contributed by atoms with van der Waals surface area (Å²) in [6.07, 6.45) is 0. The Morgan fingerprint density at radius 3 is 2.56 bits per heavy atom. The smallest absolute Gasteiger partial charge is 0.158 e. The molecule has 0 aliphatic carbocycles. The molecule has 2 N–H and O–H groups in total. The van der Waals surface area contributed by atoms with Gasteiger partial charge in [-0.1, -0.05) is 17.7 Å². The van der Waals surface area contributed by atoms with E-state index in [0.29, 0.717) is 11.0 Å². The summed E-state index contributed by atoms with van der Waals surface area (Å²) in [5, 5.41) is 9.98. The Kier molecular flexibility index (Phi) is 2.31.